The Morgan fingerprint density at radius 3 is 2.33 bits per heavy atom. The minimum Gasteiger partial charge on any atom is -0.484 e. The fraction of sp³-hybridized carbons (Fsp3) is 0.231. The van der Waals surface area contributed by atoms with Crippen LogP contribution in [0, 0.1) is 11.3 Å². The smallest absolute Gasteiger partial charge is 0.326 e. The minimum absolute atomic E-state index is 0.328. The van der Waals surface area contributed by atoms with Gasteiger partial charge in [-0.25, -0.2) is 4.79 Å². The number of nitrogens with one attached hydrogen (secondary N) is 1. The van der Waals surface area contributed by atoms with Gasteiger partial charge in [0, 0.05) is 0 Å². The summed E-state index contributed by atoms with van der Waals surface area (Å²) in [5.41, 5.74) is 0.430. The number of amides is 1. The summed E-state index contributed by atoms with van der Waals surface area (Å²) >= 11 is 0. The highest BCUT2D eigenvalue weighted by Crippen LogP contribution is 2.11. The fourth-order valence-corrected chi connectivity index (χ4v) is 1.39. The summed E-state index contributed by atoms with van der Waals surface area (Å²) in [5.74, 6) is -3.21. The Morgan fingerprint density at radius 1 is 1.24 bits per heavy atom. The van der Waals surface area contributed by atoms with Crippen LogP contribution in [-0.4, -0.2) is 40.7 Å². The van der Waals surface area contributed by atoms with E-state index >= 15 is 0 Å². The largest absolute Gasteiger partial charge is 0.484 e. The monoisotopic (exact) mass is 292 g/mol. The number of rotatable bonds is 7. The number of hydrogen-bond acceptors (Lipinski definition) is 5. The molecule has 0 spiro atoms. The van der Waals surface area contributed by atoms with E-state index in [1.54, 1.807) is 0 Å². The van der Waals surface area contributed by atoms with Crippen molar-refractivity contribution in [3.63, 3.8) is 0 Å². The number of carbonyl (C=O) groups excluding carboxylic acids is 1. The Morgan fingerprint density at radius 2 is 1.86 bits per heavy atom. The summed E-state index contributed by atoms with van der Waals surface area (Å²) in [4.78, 5) is 32.7. The van der Waals surface area contributed by atoms with Crippen LogP contribution in [0.1, 0.15) is 12.0 Å². The van der Waals surface area contributed by atoms with E-state index in [4.69, 9.17) is 20.2 Å². The SMILES string of the molecule is N#Cc1ccc(OCC(=O)NC(CC(=O)O)C(=O)O)cc1. The lowest BCUT2D eigenvalue weighted by Crippen LogP contribution is -2.44. The van der Waals surface area contributed by atoms with Crippen LogP contribution in [0.2, 0.25) is 0 Å². The van der Waals surface area contributed by atoms with Gasteiger partial charge in [0.05, 0.1) is 18.1 Å². The van der Waals surface area contributed by atoms with Gasteiger partial charge in [0.2, 0.25) is 0 Å². The Labute approximate surface area is 119 Å². The molecule has 110 valence electrons. The first-order chi connectivity index (χ1) is 9.92. The highest BCUT2D eigenvalue weighted by Gasteiger charge is 2.23. The number of nitriles is 1. The van der Waals surface area contributed by atoms with Crippen LogP contribution >= 0.6 is 0 Å². The summed E-state index contributed by atoms with van der Waals surface area (Å²) in [6.07, 6.45) is -0.724. The van der Waals surface area contributed by atoms with Gasteiger partial charge in [0.1, 0.15) is 11.8 Å². The lowest BCUT2D eigenvalue weighted by atomic mass is 10.2. The van der Waals surface area contributed by atoms with Gasteiger partial charge < -0.3 is 20.3 Å². The quantitative estimate of drug-likeness (QED) is 0.642. The Kier molecular flexibility index (Phi) is 5.70. The molecule has 8 nitrogen and oxygen atoms in total. The molecule has 0 saturated carbocycles. The summed E-state index contributed by atoms with van der Waals surface area (Å²) in [5, 5.41) is 28.0. The predicted octanol–water partition coefficient (Wildman–Crippen LogP) is -0.0188. The maximum atomic E-state index is 11.5. The standard InChI is InChI=1S/C13H12N2O6/c14-6-8-1-3-9(4-2-8)21-7-11(16)15-10(13(19)20)5-12(17)18/h1-4,10H,5,7H2,(H,15,16)(H,17,18)(H,19,20). The van der Waals surface area contributed by atoms with E-state index in [0.717, 1.165) is 0 Å². The van der Waals surface area contributed by atoms with Crippen molar-refractivity contribution in [2.24, 2.45) is 0 Å². The molecule has 1 amide bonds. The Balaban J connectivity index is 2.50. The van der Waals surface area contributed by atoms with Crippen molar-refractivity contribution in [3.8, 4) is 11.8 Å². The maximum Gasteiger partial charge on any atom is 0.326 e. The molecule has 0 fully saturated rings. The number of carbonyl (C=O) groups is 3. The van der Waals surface area contributed by atoms with Crippen LogP contribution < -0.4 is 10.1 Å². The molecule has 0 saturated heterocycles. The second-order valence-electron chi connectivity index (χ2n) is 3.98. The van der Waals surface area contributed by atoms with Gasteiger partial charge in [-0.2, -0.15) is 5.26 Å². The highest BCUT2D eigenvalue weighted by atomic mass is 16.5. The molecule has 0 bridgehead atoms. The molecule has 0 radical (unpaired) electrons. The molecule has 0 aliphatic heterocycles. The van der Waals surface area contributed by atoms with Crippen molar-refractivity contribution in [3.05, 3.63) is 29.8 Å². The van der Waals surface area contributed by atoms with E-state index in [9.17, 15) is 14.4 Å². The molecule has 0 heterocycles. The molecule has 1 atom stereocenters. The molecular formula is C13H12N2O6. The van der Waals surface area contributed by atoms with Crippen LogP contribution in [0.15, 0.2) is 24.3 Å². The van der Waals surface area contributed by atoms with Gasteiger partial charge in [0.25, 0.3) is 5.91 Å². The number of nitrogens with zero attached hydrogens (tertiary/aromatic N) is 1. The summed E-state index contributed by atoms with van der Waals surface area (Å²) in [6.45, 7) is -0.463. The van der Waals surface area contributed by atoms with E-state index in [2.05, 4.69) is 0 Å². The molecule has 3 N–H and O–H groups in total. The first-order valence-electron chi connectivity index (χ1n) is 5.79. The number of aliphatic carboxylic acids is 2. The van der Waals surface area contributed by atoms with Gasteiger partial charge >= 0.3 is 11.9 Å². The highest BCUT2D eigenvalue weighted by molar-refractivity contribution is 5.87. The minimum atomic E-state index is -1.51. The van der Waals surface area contributed by atoms with Crippen molar-refractivity contribution in [2.45, 2.75) is 12.5 Å². The number of hydrogen-bond donors (Lipinski definition) is 3. The second-order valence-corrected chi connectivity index (χ2v) is 3.98. The van der Waals surface area contributed by atoms with Crippen molar-refractivity contribution < 1.29 is 29.3 Å². The van der Waals surface area contributed by atoms with Gasteiger partial charge in [-0.05, 0) is 24.3 Å². The first-order valence-corrected chi connectivity index (χ1v) is 5.79. The van der Waals surface area contributed by atoms with Gasteiger partial charge in [0.15, 0.2) is 6.61 Å². The topological polar surface area (TPSA) is 137 Å². The summed E-state index contributed by atoms with van der Waals surface area (Å²) in [7, 11) is 0. The lowest BCUT2D eigenvalue weighted by molar-refractivity contribution is -0.147. The predicted molar refractivity (Wildman–Crippen MR) is 68.5 cm³/mol. The Bertz CT molecular complexity index is 575. The van der Waals surface area contributed by atoms with Crippen LogP contribution in [0.3, 0.4) is 0 Å². The average Bonchev–Trinajstić information content (AvgIpc) is 2.44. The molecule has 21 heavy (non-hydrogen) atoms. The Hall–Kier alpha value is -3.08. The van der Waals surface area contributed by atoms with Crippen molar-refractivity contribution in [1.29, 1.82) is 5.26 Å². The number of benzene rings is 1. The van der Waals surface area contributed by atoms with E-state index in [-0.39, 0.29) is 0 Å². The van der Waals surface area contributed by atoms with Crippen molar-refractivity contribution in [1.82, 2.24) is 5.32 Å². The fourth-order valence-electron chi connectivity index (χ4n) is 1.39. The summed E-state index contributed by atoms with van der Waals surface area (Å²) < 4.78 is 5.09. The van der Waals surface area contributed by atoms with Crippen LogP contribution in [0.25, 0.3) is 0 Å². The van der Waals surface area contributed by atoms with E-state index in [1.165, 1.54) is 24.3 Å². The van der Waals surface area contributed by atoms with Crippen molar-refractivity contribution in [2.75, 3.05) is 6.61 Å². The molecule has 0 aromatic heterocycles. The first kappa shape index (κ1) is 16.0. The van der Waals surface area contributed by atoms with E-state index in [0.29, 0.717) is 11.3 Å². The molecule has 0 aliphatic carbocycles. The van der Waals surface area contributed by atoms with E-state index < -0.39 is 36.9 Å². The van der Waals surface area contributed by atoms with Crippen LogP contribution in [0.5, 0.6) is 5.75 Å². The van der Waals surface area contributed by atoms with Gasteiger partial charge in [-0.1, -0.05) is 0 Å². The zero-order valence-corrected chi connectivity index (χ0v) is 10.8. The van der Waals surface area contributed by atoms with Crippen molar-refractivity contribution >= 4 is 17.8 Å². The third-order valence-corrected chi connectivity index (χ3v) is 2.37. The zero-order valence-electron chi connectivity index (χ0n) is 10.8. The maximum absolute atomic E-state index is 11.5. The zero-order chi connectivity index (χ0) is 15.8. The molecule has 0 aliphatic rings. The van der Waals surface area contributed by atoms with Gasteiger partial charge in [-0.3, -0.25) is 9.59 Å². The number of ether oxygens (including phenoxy) is 1. The van der Waals surface area contributed by atoms with Crippen LogP contribution in [0.4, 0.5) is 0 Å². The molecular weight excluding hydrogens is 280 g/mol. The third kappa shape index (κ3) is 5.61. The molecule has 1 aromatic carbocycles. The second kappa shape index (κ2) is 7.49. The molecule has 8 heteroatoms. The van der Waals surface area contributed by atoms with Crippen LogP contribution in [-0.2, 0) is 14.4 Å². The molecule has 1 unspecified atom stereocenters. The van der Waals surface area contributed by atoms with Gasteiger partial charge in [-0.15, -0.1) is 0 Å². The average molecular weight is 292 g/mol. The van der Waals surface area contributed by atoms with E-state index in [1.807, 2.05) is 11.4 Å². The number of carboxylic acid groups (broad SMARTS) is 2. The third-order valence-electron chi connectivity index (χ3n) is 2.37. The number of carboxylic acids is 2. The summed E-state index contributed by atoms with van der Waals surface area (Å²) in [6, 6.07) is 6.37. The molecule has 1 rings (SSSR count). The normalized spacial score (nSPS) is 11.0. The lowest BCUT2D eigenvalue weighted by Gasteiger charge is -2.12. The molecule has 1 aromatic rings.